The van der Waals surface area contributed by atoms with Crippen LogP contribution in [-0.4, -0.2) is 24.9 Å². The van der Waals surface area contributed by atoms with Gasteiger partial charge in [0.1, 0.15) is 0 Å². The second-order valence-corrected chi connectivity index (χ2v) is 3.98. The van der Waals surface area contributed by atoms with Crippen molar-refractivity contribution in [2.75, 3.05) is 20.0 Å². The third kappa shape index (κ3) is 6.15. The maximum atomic E-state index is 10.3. The van der Waals surface area contributed by atoms with Crippen molar-refractivity contribution < 1.29 is 9.46 Å². The highest BCUT2D eigenvalue weighted by Gasteiger charge is 2.04. The standard InChI is InChI=1S/C3H10NO2P/c1-4-3-7(2,5)6/h4H,3H2,1-2H3,(H,5,6). The van der Waals surface area contributed by atoms with E-state index in [-0.39, 0.29) is 6.29 Å². The largest absolute Gasteiger partial charge is 0.344 e. The van der Waals surface area contributed by atoms with Gasteiger partial charge in [-0.25, -0.2) is 0 Å². The lowest BCUT2D eigenvalue weighted by atomic mass is 11.3. The third-order valence-corrected chi connectivity index (χ3v) is 1.35. The van der Waals surface area contributed by atoms with Crippen LogP contribution < -0.4 is 5.32 Å². The molecule has 0 aromatic heterocycles. The van der Waals surface area contributed by atoms with Crippen LogP contribution in [0, 0.1) is 0 Å². The van der Waals surface area contributed by atoms with Gasteiger partial charge in [0.25, 0.3) is 0 Å². The number of nitrogens with one attached hydrogen (secondary N) is 1. The summed E-state index contributed by atoms with van der Waals surface area (Å²) in [6.07, 6.45) is 0.201. The highest BCUT2D eigenvalue weighted by atomic mass is 31.2. The highest BCUT2D eigenvalue weighted by Crippen LogP contribution is 2.32. The first-order valence-electron chi connectivity index (χ1n) is 2.00. The second kappa shape index (κ2) is 2.46. The van der Waals surface area contributed by atoms with Crippen LogP contribution in [0.25, 0.3) is 0 Å². The molecule has 0 spiro atoms. The molecule has 0 aliphatic rings. The first-order valence-corrected chi connectivity index (χ1v) is 4.29. The average Bonchev–Trinajstić information content (AvgIpc) is 1.30. The molecule has 0 saturated heterocycles. The molecule has 0 fully saturated rings. The van der Waals surface area contributed by atoms with E-state index in [1.165, 1.54) is 6.66 Å². The van der Waals surface area contributed by atoms with Gasteiger partial charge in [-0.15, -0.1) is 0 Å². The molecular weight excluding hydrogens is 113 g/mol. The molecule has 0 aliphatic heterocycles. The summed E-state index contributed by atoms with van der Waals surface area (Å²) in [6.45, 7) is 1.32. The molecule has 7 heavy (non-hydrogen) atoms. The van der Waals surface area contributed by atoms with Crippen LogP contribution in [-0.2, 0) is 4.57 Å². The summed E-state index contributed by atoms with van der Waals surface area (Å²) in [5.41, 5.74) is 0. The number of hydrogen-bond donors (Lipinski definition) is 2. The van der Waals surface area contributed by atoms with Gasteiger partial charge in [0.15, 0.2) is 0 Å². The maximum Gasteiger partial charge on any atom is 0.210 e. The molecule has 0 radical (unpaired) electrons. The Morgan fingerprint density at radius 3 is 2.29 bits per heavy atom. The van der Waals surface area contributed by atoms with Crippen molar-refractivity contribution in [2.24, 2.45) is 0 Å². The zero-order valence-corrected chi connectivity index (χ0v) is 5.40. The van der Waals surface area contributed by atoms with Gasteiger partial charge in [-0.05, 0) is 7.05 Å². The van der Waals surface area contributed by atoms with Gasteiger partial charge in [0.05, 0.1) is 6.29 Å². The molecule has 0 heterocycles. The molecule has 3 nitrogen and oxygen atoms in total. The predicted octanol–water partition coefficient (Wildman–Crippen LogP) is 0.0635. The Kier molecular flexibility index (Phi) is 2.51. The van der Waals surface area contributed by atoms with E-state index in [1.54, 1.807) is 7.05 Å². The van der Waals surface area contributed by atoms with Crippen LogP contribution in [0.2, 0.25) is 0 Å². The molecule has 0 saturated carbocycles. The summed E-state index contributed by atoms with van der Waals surface area (Å²) in [5, 5.41) is 2.59. The molecular formula is C3H10NO2P. The van der Waals surface area contributed by atoms with Gasteiger partial charge >= 0.3 is 0 Å². The summed E-state index contributed by atoms with van der Waals surface area (Å²) in [7, 11) is -1.13. The van der Waals surface area contributed by atoms with Crippen LogP contribution >= 0.6 is 7.37 Å². The van der Waals surface area contributed by atoms with Crippen LogP contribution in [0.3, 0.4) is 0 Å². The summed E-state index contributed by atoms with van der Waals surface area (Å²) in [5.74, 6) is 0. The average molecular weight is 123 g/mol. The fraction of sp³-hybridized carbons (Fsp3) is 1.00. The van der Waals surface area contributed by atoms with Crippen LogP contribution in [0.4, 0.5) is 0 Å². The van der Waals surface area contributed by atoms with Crippen molar-refractivity contribution in [3.05, 3.63) is 0 Å². The summed E-state index contributed by atoms with van der Waals surface area (Å²) in [4.78, 5) is 8.51. The lowest BCUT2D eigenvalue weighted by Gasteiger charge is -2.00. The molecule has 0 aromatic carbocycles. The zero-order chi connectivity index (χ0) is 5.91. The van der Waals surface area contributed by atoms with Crippen LogP contribution in [0.15, 0.2) is 0 Å². The van der Waals surface area contributed by atoms with E-state index in [1.807, 2.05) is 0 Å². The van der Waals surface area contributed by atoms with Crippen molar-refractivity contribution >= 4 is 7.37 Å². The minimum absolute atomic E-state index is 0.201. The van der Waals surface area contributed by atoms with E-state index >= 15 is 0 Å². The Bertz CT molecular complexity index is 86.9. The van der Waals surface area contributed by atoms with Gasteiger partial charge in [-0.1, -0.05) is 0 Å². The molecule has 4 heteroatoms. The quantitative estimate of drug-likeness (QED) is 0.510. The second-order valence-electron chi connectivity index (χ2n) is 1.56. The third-order valence-electron chi connectivity index (χ3n) is 0.451. The van der Waals surface area contributed by atoms with Crippen LogP contribution in [0.5, 0.6) is 0 Å². The summed E-state index contributed by atoms with van der Waals surface area (Å²) in [6, 6.07) is 0. The van der Waals surface area contributed by atoms with Crippen molar-refractivity contribution in [3.63, 3.8) is 0 Å². The monoisotopic (exact) mass is 123 g/mol. The first-order chi connectivity index (χ1) is 3.06. The molecule has 2 N–H and O–H groups in total. The van der Waals surface area contributed by atoms with E-state index in [2.05, 4.69) is 5.32 Å². The van der Waals surface area contributed by atoms with Gasteiger partial charge in [0.2, 0.25) is 7.37 Å². The smallest absolute Gasteiger partial charge is 0.210 e. The number of hydrogen-bond acceptors (Lipinski definition) is 2. The molecule has 44 valence electrons. The Balaban J connectivity index is 3.36. The van der Waals surface area contributed by atoms with E-state index in [0.717, 1.165) is 0 Å². The molecule has 0 bridgehead atoms. The predicted molar refractivity (Wildman–Crippen MR) is 29.7 cm³/mol. The SMILES string of the molecule is CNCP(C)(=O)O. The van der Waals surface area contributed by atoms with Gasteiger partial charge < -0.3 is 10.2 Å². The topological polar surface area (TPSA) is 49.3 Å². The van der Waals surface area contributed by atoms with Crippen molar-refractivity contribution in [2.45, 2.75) is 0 Å². The number of rotatable bonds is 2. The minimum atomic E-state index is -2.78. The van der Waals surface area contributed by atoms with Gasteiger partial charge in [0, 0.05) is 6.66 Å². The fourth-order valence-corrected chi connectivity index (χ4v) is 0.880. The summed E-state index contributed by atoms with van der Waals surface area (Å²) < 4.78 is 10.3. The lowest BCUT2D eigenvalue weighted by molar-refractivity contribution is 0.481. The van der Waals surface area contributed by atoms with Crippen molar-refractivity contribution in [3.8, 4) is 0 Å². The Hall–Kier alpha value is 0.150. The lowest BCUT2D eigenvalue weighted by Crippen LogP contribution is -2.06. The van der Waals surface area contributed by atoms with E-state index in [0.29, 0.717) is 0 Å². The molecule has 1 unspecified atom stereocenters. The van der Waals surface area contributed by atoms with Gasteiger partial charge in [-0.2, -0.15) is 0 Å². The Morgan fingerprint density at radius 2 is 2.29 bits per heavy atom. The fourth-order valence-electron chi connectivity index (χ4n) is 0.293. The molecule has 0 rings (SSSR count). The Labute approximate surface area is 43.2 Å². The summed E-state index contributed by atoms with van der Waals surface area (Å²) >= 11 is 0. The van der Waals surface area contributed by atoms with Crippen LogP contribution in [0.1, 0.15) is 0 Å². The first kappa shape index (κ1) is 7.15. The molecule has 0 aliphatic carbocycles. The Morgan fingerprint density at radius 1 is 1.86 bits per heavy atom. The van der Waals surface area contributed by atoms with Crippen molar-refractivity contribution in [1.29, 1.82) is 0 Å². The van der Waals surface area contributed by atoms with Gasteiger partial charge in [-0.3, -0.25) is 4.57 Å². The maximum absolute atomic E-state index is 10.3. The van der Waals surface area contributed by atoms with E-state index in [9.17, 15) is 4.57 Å². The van der Waals surface area contributed by atoms with E-state index in [4.69, 9.17) is 4.89 Å². The van der Waals surface area contributed by atoms with E-state index < -0.39 is 7.37 Å². The van der Waals surface area contributed by atoms with Crippen molar-refractivity contribution in [1.82, 2.24) is 5.32 Å². The highest BCUT2D eigenvalue weighted by molar-refractivity contribution is 7.57. The minimum Gasteiger partial charge on any atom is -0.344 e. The molecule has 1 atom stereocenters. The normalized spacial score (nSPS) is 18.7. The molecule has 0 aromatic rings. The zero-order valence-electron chi connectivity index (χ0n) is 4.51. The molecule has 0 amide bonds.